The minimum Gasteiger partial charge on any atom is -0.303 e. The van der Waals surface area contributed by atoms with Crippen molar-refractivity contribution < 1.29 is 0 Å². The molecular formula is C28H48N6. The van der Waals surface area contributed by atoms with Crippen molar-refractivity contribution in [2.24, 2.45) is 11.8 Å². The van der Waals surface area contributed by atoms with Gasteiger partial charge in [0.05, 0.1) is 0 Å². The number of aromatic nitrogens is 4. The molecule has 0 aromatic carbocycles. The van der Waals surface area contributed by atoms with Gasteiger partial charge < -0.3 is 4.90 Å². The Hall–Kier alpha value is -1.66. The number of aryl methyl sites for hydroxylation is 4. The summed E-state index contributed by atoms with van der Waals surface area (Å²) in [5.41, 5.74) is 2.49. The molecule has 0 unspecified atom stereocenters. The Balaban J connectivity index is 1.43. The second-order valence-corrected chi connectivity index (χ2v) is 11.6. The summed E-state index contributed by atoms with van der Waals surface area (Å²) < 4.78 is 4.65. The summed E-state index contributed by atoms with van der Waals surface area (Å²) in [4.78, 5) is 5.37. The van der Waals surface area contributed by atoms with Gasteiger partial charge in [-0.3, -0.25) is 9.58 Å². The van der Waals surface area contributed by atoms with Gasteiger partial charge in [0.2, 0.25) is 0 Å². The number of nitrogens with zero attached hydrogens (tertiary/aromatic N) is 6. The molecule has 2 aromatic rings. The first-order chi connectivity index (χ1) is 16.3. The van der Waals surface area contributed by atoms with Crippen molar-refractivity contribution in [3.63, 3.8) is 0 Å². The summed E-state index contributed by atoms with van der Waals surface area (Å²) in [6.45, 7) is 18.8. The summed E-state index contributed by atoms with van der Waals surface area (Å²) >= 11 is 0. The van der Waals surface area contributed by atoms with Crippen LogP contribution in [0.25, 0.3) is 0 Å². The molecule has 6 nitrogen and oxygen atoms in total. The van der Waals surface area contributed by atoms with Crippen LogP contribution in [0.3, 0.4) is 0 Å². The highest BCUT2D eigenvalue weighted by molar-refractivity contribution is 5.16. The van der Waals surface area contributed by atoms with Gasteiger partial charge in [-0.2, -0.15) is 0 Å². The van der Waals surface area contributed by atoms with Crippen molar-refractivity contribution in [3.05, 3.63) is 35.2 Å². The number of rotatable bonds is 9. The third kappa shape index (κ3) is 5.93. The molecule has 0 spiro atoms. The van der Waals surface area contributed by atoms with Gasteiger partial charge >= 0.3 is 0 Å². The van der Waals surface area contributed by atoms with Crippen molar-refractivity contribution in [3.8, 4) is 0 Å². The molecule has 0 aliphatic carbocycles. The second kappa shape index (κ2) is 11.4. The van der Waals surface area contributed by atoms with E-state index in [-0.39, 0.29) is 0 Å². The Bertz CT molecular complexity index is 875. The first kappa shape index (κ1) is 25.4. The van der Waals surface area contributed by atoms with E-state index >= 15 is 0 Å². The molecule has 0 bridgehead atoms. The summed E-state index contributed by atoms with van der Waals surface area (Å²) in [6.07, 6.45) is 9.63. The lowest BCUT2D eigenvalue weighted by atomic mass is 9.92. The van der Waals surface area contributed by atoms with Gasteiger partial charge in [-0.15, -0.1) is 10.2 Å². The van der Waals surface area contributed by atoms with E-state index in [0.717, 1.165) is 62.3 Å². The van der Waals surface area contributed by atoms with Crippen LogP contribution in [-0.2, 0) is 12.8 Å². The molecule has 4 heterocycles. The Morgan fingerprint density at radius 3 is 1.85 bits per heavy atom. The van der Waals surface area contributed by atoms with Crippen LogP contribution >= 0.6 is 0 Å². The van der Waals surface area contributed by atoms with E-state index in [1.165, 1.54) is 50.2 Å². The Labute approximate surface area is 207 Å². The zero-order valence-corrected chi connectivity index (χ0v) is 22.6. The Morgan fingerprint density at radius 1 is 0.765 bits per heavy atom. The monoisotopic (exact) mass is 468 g/mol. The lowest BCUT2D eigenvalue weighted by Crippen LogP contribution is -2.44. The third-order valence-electron chi connectivity index (χ3n) is 8.22. The molecule has 2 aromatic heterocycles. The predicted octanol–water partition coefficient (Wildman–Crippen LogP) is 5.11. The Morgan fingerprint density at radius 2 is 1.29 bits per heavy atom. The minimum absolute atomic E-state index is 0.700. The van der Waals surface area contributed by atoms with Crippen LogP contribution in [0, 0.1) is 25.7 Å². The van der Waals surface area contributed by atoms with Crippen LogP contribution in [-0.4, -0.2) is 67.6 Å². The fraction of sp³-hybridized carbons (Fsp3) is 0.786. The first-order valence-corrected chi connectivity index (χ1v) is 13.9. The normalized spacial score (nSPS) is 26.9. The number of hydrogen-bond acceptors (Lipinski definition) is 4. The van der Waals surface area contributed by atoms with Crippen LogP contribution in [0.5, 0.6) is 0 Å². The minimum atomic E-state index is 0.700. The molecular weight excluding hydrogens is 420 g/mol. The molecule has 0 N–H and O–H groups in total. The lowest BCUT2D eigenvalue weighted by molar-refractivity contribution is 0.102. The van der Waals surface area contributed by atoms with Crippen LogP contribution in [0.15, 0.2) is 12.1 Å². The quantitative estimate of drug-likeness (QED) is 0.513. The maximum atomic E-state index is 4.72. The zero-order chi connectivity index (χ0) is 24.2. The van der Waals surface area contributed by atoms with Gasteiger partial charge in [0.25, 0.3) is 0 Å². The molecule has 2 aliphatic rings. The van der Waals surface area contributed by atoms with Gasteiger partial charge in [0.15, 0.2) is 11.6 Å². The molecule has 0 amide bonds. The maximum Gasteiger partial charge on any atom is 0.153 e. The molecule has 4 rings (SSSR count). The van der Waals surface area contributed by atoms with Crippen LogP contribution in [0.4, 0.5) is 0 Å². The zero-order valence-electron chi connectivity index (χ0n) is 22.6. The standard InChI is InChI=1S/C28H48N6/c1-21-18-22(2)20-31(19-21)16-8-12-27-29-30-28(34(27)33-25(5)14-15-26(33)6)13-9-17-32-23(3)10-7-11-24(32)4/h14-15,21-24H,7-13,16-20H2,1-6H3/t21-,22+,23-,24-/m1/s1. The highest BCUT2D eigenvalue weighted by Crippen LogP contribution is 2.24. The summed E-state index contributed by atoms with van der Waals surface area (Å²) in [7, 11) is 0. The fourth-order valence-corrected chi connectivity index (χ4v) is 6.64. The van der Waals surface area contributed by atoms with E-state index in [0.29, 0.717) is 12.1 Å². The smallest absolute Gasteiger partial charge is 0.153 e. The van der Waals surface area contributed by atoms with Crippen molar-refractivity contribution in [1.29, 1.82) is 0 Å². The van der Waals surface area contributed by atoms with Crippen LogP contribution in [0.2, 0.25) is 0 Å². The fourth-order valence-electron chi connectivity index (χ4n) is 6.64. The highest BCUT2D eigenvalue weighted by atomic mass is 15.5. The molecule has 190 valence electrons. The predicted molar refractivity (Wildman–Crippen MR) is 140 cm³/mol. The summed E-state index contributed by atoms with van der Waals surface area (Å²) in [5.74, 6) is 3.84. The van der Waals surface area contributed by atoms with Gasteiger partial charge in [-0.05, 0) is 96.9 Å². The molecule has 34 heavy (non-hydrogen) atoms. The highest BCUT2D eigenvalue weighted by Gasteiger charge is 2.25. The average Bonchev–Trinajstić information content (AvgIpc) is 3.31. The van der Waals surface area contributed by atoms with E-state index in [1.54, 1.807) is 0 Å². The molecule has 6 heteroatoms. The van der Waals surface area contributed by atoms with E-state index < -0.39 is 0 Å². The second-order valence-electron chi connectivity index (χ2n) is 11.6. The van der Waals surface area contributed by atoms with Crippen molar-refractivity contribution in [2.75, 3.05) is 26.2 Å². The first-order valence-electron chi connectivity index (χ1n) is 13.9. The van der Waals surface area contributed by atoms with Gasteiger partial charge in [0, 0.05) is 49.4 Å². The lowest BCUT2D eigenvalue weighted by Gasteiger charge is -2.39. The van der Waals surface area contributed by atoms with Crippen LogP contribution in [0.1, 0.15) is 89.3 Å². The van der Waals surface area contributed by atoms with Gasteiger partial charge in [-0.1, -0.05) is 20.3 Å². The Kier molecular flexibility index (Phi) is 8.52. The SMILES string of the molecule is Cc1ccc(C)n1-n1c(CCCN2C[C@H](C)C[C@H](C)C2)nnc1CCCN1[C@H](C)CCC[C@H]1C. The van der Waals surface area contributed by atoms with E-state index in [1.807, 2.05) is 0 Å². The topological polar surface area (TPSA) is 42.1 Å². The van der Waals surface area contributed by atoms with E-state index in [4.69, 9.17) is 10.2 Å². The summed E-state index contributed by atoms with van der Waals surface area (Å²) in [5, 5.41) is 9.45. The van der Waals surface area contributed by atoms with Crippen molar-refractivity contribution >= 4 is 0 Å². The maximum absolute atomic E-state index is 4.72. The molecule has 4 atom stereocenters. The van der Waals surface area contributed by atoms with Crippen molar-refractivity contribution in [1.82, 2.24) is 29.3 Å². The molecule has 0 saturated carbocycles. The van der Waals surface area contributed by atoms with Crippen molar-refractivity contribution in [2.45, 2.75) is 105 Å². The number of hydrogen-bond donors (Lipinski definition) is 0. The van der Waals surface area contributed by atoms with Crippen LogP contribution < -0.4 is 0 Å². The van der Waals surface area contributed by atoms with E-state index in [9.17, 15) is 0 Å². The third-order valence-corrected chi connectivity index (χ3v) is 8.22. The number of piperidine rings is 2. The van der Waals surface area contributed by atoms with Gasteiger partial charge in [0.1, 0.15) is 0 Å². The van der Waals surface area contributed by atoms with E-state index in [2.05, 4.69) is 72.8 Å². The average molecular weight is 469 g/mol. The molecule has 2 aliphatic heterocycles. The molecule has 2 saturated heterocycles. The molecule has 2 fully saturated rings. The van der Waals surface area contributed by atoms with Gasteiger partial charge in [-0.25, -0.2) is 4.68 Å². The molecule has 0 radical (unpaired) electrons. The largest absolute Gasteiger partial charge is 0.303 e. The summed E-state index contributed by atoms with van der Waals surface area (Å²) in [6, 6.07) is 5.81. The number of likely N-dealkylation sites (tertiary alicyclic amines) is 2.